The smallest absolute Gasteiger partial charge is 0.121 e. The van der Waals surface area contributed by atoms with E-state index in [-0.39, 0.29) is 0 Å². The number of fused-ring (bicyclic) bond motifs is 3. The van der Waals surface area contributed by atoms with E-state index in [2.05, 4.69) is 52.3 Å². The lowest BCUT2D eigenvalue weighted by Gasteiger charge is -2.14. The number of rotatable bonds is 4. The van der Waals surface area contributed by atoms with Crippen molar-refractivity contribution in [1.82, 2.24) is 9.88 Å². The van der Waals surface area contributed by atoms with Crippen molar-refractivity contribution in [3.8, 4) is 5.75 Å². The minimum Gasteiger partial charge on any atom is -0.492 e. The van der Waals surface area contributed by atoms with Crippen LogP contribution in [0.1, 0.15) is 12.8 Å². The zero-order chi connectivity index (χ0) is 14.1. The number of hydrogen-bond acceptors (Lipinski definition) is 2. The second-order valence-electron chi connectivity index (χ2n) is 5.78. The predicted octanol–water partition coefficient (Wildman–Crippen LogP) is 3.80. The molecule has 1 saturated heterocycles. The molecule has 0 spiro atoms. The van der Waals surface area contributed by atoms with Crippen LogP contribution in [0.15, 0.2) is 42.5 Å². The number of nitrogens with zero attached hydrogens (tertiary/aromatic N) is 1. The summed E-state index contributed by atoms with van der Waals surface area (Å²) in [7, 11) is 0. The highest BCUT2D eigenvalue weighted by atomic mass is 16.5. The Hall–Kier alpha value is -2.00. The summed E-state index contributed by atoms with van der Waals surface area (Å²) in [6.07, 6.45) is 2.67. The predicted molar refractivity (Wildman–Crippen MR) is 87.0 cm³/mol. The second-order valence-corrected chi connectivity index (χ2v) is 5.78. The van der Waals surface area contributed by atoms with E-state index in [0.717, 1.165) is 24.4 Å². The minimum atomic E-state index is 0.770. The monoisotopic (exact) mass is 280 g/mol. The van der Waals surface area contributed by atoms with Crippen LogP contribution >= 0.6 is 0 Å². The largest absolute Gasteiger partial charge is 0.492 e. The lowest BCUT2D eigenvalue weighted by Crippen LogP contribution is -2.25. The van der Waals surface area contributed by atoms with Crippen LogP contribution in [0.3, 0.4) is 0 Å². The van der Waals surface area contributed by atoms with Crippen molar-refractivity contribution >= 4 is 21.8 Å². The Morgan fingerprint density at radius 2 is 1.76 bits per heavy atom. The maximum absolute atomic E-state index is 5.91. The number of ether oxygens (including phenoxy) is 1. The van der Waals surface area contributed by atoms with Crippen molar-refractivity contribution in [2.45, 2.75) is 12.8 Å². The van der Waals surface area contributed by atoms with E-state index in [1.807, 2.05) is 0 Å². The Kier molecular flexibility index (Phi) is 3.28. The normalized spacial score (nSPS) is 16.0. The van der Waals surface area contributed by atoms with Crippen molar-refractivity contribution in [1.29, 1.82) is 0 Å². The molecule has 0 bridgehead atoms. The molecule has 2 heterocycles. The van der Waals surface area contributed by atoms with E-state index >= 15 is 0 Å². The van der Waals surface area contributed by atoms with Gasteiger partial charge in [0.2, 0.25) is 0 Å². The summed E-state index contributed by atoms with van der Waals surface area (Å²) in [4.78, 5) is 5.93. The third-order valence-electron chi connectivity index (χ3n) is 4.35. The Morgan fingerprint density at radius 3 is 2.67 bits per heavy atom. The highest BCUT2D eigenvalue weighted by molar-refractivity contribution is 6.07. The molecule has 0 aliphatic carbocycles. The van der Waals surface area contributed by atoms with E-state index in [1.165, 1.54) is 42.2 Å². The molecule has 3 heteroatoms. The van der Waals surface area contributed by atoms with Crippen LogP contribution in [0.25, 0.3) is 21.8 Å². The van der Waals surface area contributed by atoms with Crippen molar-refractivity contribution in [2.75, 3.05) is 26.2 Å². The Morgan fingerprint density at radius 1 is 0.952 bits per heavy atom. The zero-order valence-electron chi connectivity index (χ0n) is 12.1. The van der Waals surface area contributed by atoms with E-state index in [1.54, 1.807) is 0 Å². The number of hydrogen-bond donors (Lipinski definition) is 1. The van der Waals surface area contributed by atoms with Crippen LogP contribution in [-0.2, 0) is 0 Å². The molecule has 0 unspecified atom stereocenters. The van der Waals surface area contributed by atoms with Gasteiger partial charge in [-0.3, -0.25) is 4.90 Å². The van der Waals surface area contributed by atoms with Gasteiger partial charge in [0.15, 0.2) is 0 Å². The average Bonchev–Trinajstić information content (AvgIpc) is 3.13. The first-order valence-electron chi connectivity index (χ1n) is 7.76. The third kappa shape index (κ3) is 2.49. The molecule has 3 aromatic rings. The number of aromatic amines is 1. The SMILES string of the molecule is c1ccc2c(c1)[nH]c1cc(OCCN3CCCC3)ccc12. The fourth-order valence-electron chi connectivity index (χ4n) is 3.22. The fraction of sp³-hybridized carbons (Fsp3) is 0.333. The average molecular weight is 280 g/mol. The van der Waals surface area contributed by atoms with Gasteiger partial charge in [-0.05, 0) is 44.1 Å². The van der Waals surface area contributed by atoms with Gasteiger partial charge in [-0.15, -0.1) is 0 Å². The van der Waals surface area contributed by atoms with E-state index in [4.69, 9.17) is 4.74 Å². The van der Waals surface area contributed by atoms with Gasteiger partial charge in [0.25, 0.3) is 0 Å². The second kappa shape index (κ2) is 5.41. The van der Waals surface area contributed by atoms with Gasteiger partial charge in [0.05, 0.1) is 5.52 Å². The lowest BCUT2D eigenvalue weighted by atomic mass is 10.1. The molecule has 1 aromatic heterocycles. The molecular weight excluding hydrogens is 260 g/mol. The lowest BCUT2D eigenvalue weighted by molar-refractivity contribution is 0.238. The number of likely N-dealkylation sites (tertiary alicyclic amines) is 1. The summed E-state index contributed by atoms with van der Waals surface area (Å²) in [6.45, 7) is 4.26. The summed E-state index contributed by atoms with van der Waals surface area (Å²) in [5.74, 6) is 0.952. The summed E-state index contributed by atoms with van der Waals surface area (Å²) in [5, 5.41) is 2.54. The van der Waals surface area contributed by atoms with Gasteiger partial charge in [-0.25, -0.2) is 0 Å². The Balaban J connectivity index is 1.51. The highest BCUT2D eigenvalue weighted by Crippen LogP contribution is 2.28. The maximum Gasteiger partial charge on any atom is 0.121 e. The number of H-pyrrole nitrogens is 1. The van der Waals surface area contributed by atoms with Gasteiger partial charge in [0, 0.05) is 28.9 Å². The molecule has 1 aliphatic heterocycles. The van der Waals surface area contributed by atoms with Crippen molar-refractivity contribution in [3.05, 3.63) is 42.5 Å². The zero-order valence-corrected chi connectivity index (χ0v) is 12.1. The molecule has 2 aromatic carbocycles. The summed E-state index contributed by atoms with van der Waals surface area (Å²) < 4.78 is 5.91. The van der Waals surface area contributed by atoms with Crippen LogP contribution in [0, 0.1) is 0 Å². The molecule has 108 valence electrons. The van der Waals surface area contributed by atoms with Crippen molar-refractivity contribution in [3.63, 3.8) is 0 Å². The van der Waals surface area contributed by atoms with Crippen LogP contribution in [0.2, 0.25) is 0 Å². The van der Waals surface area contributed by atoms with Gasteiger partial charge in [0.1, 0.15) is 12.4 Å². The first kappa shape index (κ1) is 12.7. The van der Waals surface area contributed by atoms with E-state index in [0.29, 0.717) is 0 Å². The first-order chi connectivity index (χ1) is 10.4. The van der Waals surface area contributed by atoms with Crippen molar-refractivity contribution in [2.24, 2.45) is 0 Å². The van der Waals surface area contributed by atoms with Gasteiger partial charge in [-0.1, -0.05) is 18.2 Å². The molecular formula is C18H20N2O. The van der Waals surface area contributed by atoms with E-state index in [9.17, 15) is 0 Å². The number of aromatic nitrogens is 1. The summed E-state index contributed by atoms with van der Waals surface area (Å²) in [6, 6.07) is 14.7. The summed E-state index contributed by atoms with van der Waals surface area (Å²) >= 11 is 0. The molecule has 0 saturated carbocycles. The molecule has 0 amide bonds. The third-order valence-corrected chi connectivity index (χ3v) is 4.35. The molecule has 21 heavy (non-hydrogen) atoms. The molecule has 0 radical (unpaired) electrons. The molecule has 1 aliphatic rings. The van der Waals surface area contributed by atoms with E-state index < -0.39 is 0 Å². The minimum absolute atomic E-state index is 0.770. The summed E-state index contributed by atoms with van der Waals surface area (Å²) in [5.41, 5.74) is 2.33. The number of benzene rings is 2. The Bertz CT molecular complexity index is 756. The number of para-hydroxylation sites is 1. The van der Waals surface area contributed by atoms with Crippen LogP contribution < -0.4 is 4.74 Å². The van der Waals surface area contributed by atoms with Gasteiger partial charge in [-0.2, -0.15) is 0 Å². The van der Waals surface area contributed by atoms with Crippen LogP contribution in [0.4, 0.5) is 0 Å². The molecule has 1 N–H and O–H groups in total. The maximum atomic E-state index is 5.91. The quantitative estimate of drug-likeness (QED) is 0.787. The van der Waals surface area contributed by atoms with Gasteiger partial charge < -0.3 is 9.72 Å². The highest BCUT2D eigenvalue weighted by Gasteiger charge is 2.11. The molecule has 3 nitrogen and oxygen atoms in total. The molecule has 0 atom stereocenters. The fourth-order valence-corrected chi connectivity index (χ4v) is 3.22. The van der Waals surface area contributed by atoms with Crippen molar-refractivity contribution < 1.29 is 4.74 Å². The standard InChI is InChI=1S/C18H20N2O/c1-2-6-17-15(5-1)16-8-7-14(13-18(16)19-17)21-12-11-20-9-3-4-10-20/h1-2,5-8,13,19H,3-4,9-12H2. The Labute approximate surface area is 124 Å². The van der Waals surface area contributed by atoms with Crippen LogP contribution in [0.5, 0.6) is 5.75 Å². The molecule has 1 fully saturated rings. The van der Waals surface area contributed by atoms with Crippen LogP contribution in [-0.4, -0.2) is 36.1 Å². The first-order valence-corrected chi connectivity index (χ1v) is 7.76. The molecule has 4 rings (SSSR count). The van der Waals surface area contributed by atoms with Gasteiger partial charge >= 0.3 is 0 Å². The topological polar surface area (TPSA) is 28.3 Å². The number of nitrogens with one attached hydrogen (secondary N) is 1.